The van der Waals surface area contributed by atoms with E-state index in [1.807, 2.05) is 6.07 Å². The number of hydrogen-bond donors (Lipinski definition) is 1. The van der Waals surface area contributed by atoms with Crippen molar-refractivity contribution >= 4 is 11.3 Å². The maximum atomic E-state index is 5.76. The van der Waals surface area contributed by atoms with E-state index < -0.39 is 0 Å². The van der Waals surface area contributed by atoms with Crippen LogP contribution in [0.3, 0.4) is 0 Å². The molecule has 0 aliphatic rings. The quantitative estimate of drug-likeness (QED) is 0.901. The van der Waals surface area contributed by atoms with Crippen LogP contribution < -0.4 is 5.73 Å². The number of nitrogens with zero attached hydrogens (tertiary/aromatic N) is 3. The van der Waals surface area contributed by atoms with Crippen molar-refractivity contribution in [2.75, 3.05) is 0 Å². The molecule has 2 N–H and O–H groups in total. The first-order valence-electron chi connectivity index (χ1n) is 5.65. The van der Waals surface area contributed by atoms with Gasteiger partial charge in [0.25, 0.3) is 0 Å². The third-order valence-corrected chi connectivity index (χ3v) is 3.51. The minimum atomic E-state index is 0.546. The summed E-state index contributed by atoms with van der Waals surface area (Å²) in [7, 11) is 0. The van der Waals surface area contributed by atoms with Crippen molar-refractivity contribution in [3.8, 4) is 10.7 Å². The lowest BCUT2D eigenvalue weighted by atomic mass is 10.1. The van der Waals surface area contributed by atoms with E-state index in [4.69, 9.17) is 5.73 Å². The van der Waals surface area contributed by atoms with Gasteiger partial charge >= 0.3 is 0 Å². The fourth-order valence-corrected chi connectivity index (χ4v) is 2.56. The van der Waals surface area contributed by atoms with Crippen molar-refractivity contribution in [1.29, 1.82) is 0 Å². The molecule has 0 fully saturated rings. The summed E-state index contributed by atoms with van der Waals surface area (Å²) in [6, 6.07) is 1.87. The zero-order chi connectivity index (χ0) is 12.3. The van der Waals surface area contributed by atoms with Crippen LogP contribution in [0.2, 0.25) is 0 Å². The Labute approximate surface area is 105 Å². The Hall–Kier alpha value is -1.33. The number of thiazole rings is 1. The Balaban J connectivity index is 2.34. The highest BCUT2D eigenvalue weighted by atomic mass is 32.1. The second kappa shape index (κ2) is 5.33. The molecule has 0 unspecified atom stereocenters. The van der Waals surface area contributed by atoms with Crippen LogP contribution in [0.5, 0.6) is 0 Å². The Morgan fingerprint density at radius 2 is 2.24 bits per heavy atom. The molecule has 0 saturated carbocycles. The van der Waals surface area contributed by atoms with Gasteiger partial charge in [-0.1, -0.05) is 13.8 Å². The number of aromatic nitrogens is 3. The molecule has 4 nitrogen and oxygen atoms in total. The molecule has 2 aromatic heterocycles. The predicted octanol–water partition coefficient (Wildman–Crippen LogP) is 2.26. The van der Waals surface area contributed by atoms with E-state index >= 15 is 0 Å². The van der Waals surface area contributed by atoms with Gasteiger partial charge in [-0.15, -0.1) is 11.3 Å². The second-order valence-corrected chi connectivity index (χ2v) is 5.37. The van der Waals surface area contributed by atoms with Crippen LogP contribution in [0.4, 0.5) is 0 Å². The fraction of sp³-hybridized carbons (Fsp3) is 0.417. The zero-order valence-corrected chi connectivity index (χ0v) is 10.9. The van der Waals surface area contributed by atoms with Crippen LogP contribution in [-0.4, -0.2) is 15.0 Å². The molecule has 0 atom stereocenters. The van der Waals surface area contributed by atoms with Crippen LogP contribution in [0.25, 0.3) is 10.7 Å². The Kier molecular flexibility index (Phi) is 3.81. The van der Waals surface area contributed by atoms with Gasteiger partial charge in [-0.25, -0.2) is 15.0 Å². The van der Waals surface area contributed by atoms with E-state index in [0.29, 0.717) is 12.5 Å². The van der Waals surface area contributed by atoms with Gasteiger partial charge in [0.1, 0.15) is 17.0 Å². The molecular formula is C12H16N4S. The van der Waals surface area contributed by atoms with E-state index in [0.717, 1.165) is 27.7 Å². The molecule has 2 heterocycles. The van der Waals surface area contributed by atoms with Crippen molar-refractivity contribution in [3.05, 3.63) is 29.2 Å². The summed E-state index contributed by atoms with van der Waals surface area (Å²) in [5.41, 5.74) is 7.74. The van der Waals surface area contributed by atoms with E-state index in [2.05, 4.69) is 28.8 Å². The van der Waals surface area contributed by atoms with Crippen LogP contribution in [-0.2, 0) is 13.0 Å². The molecule has 2 aromatic rings. The molecule has 0 spiro atoms. The number of nitrogens with two attached hydrogens (primary N) is 1. The summed E-state index contributed by atoms with van der Waals surface area (Å²) in [6.45, 7) is 4.92. The van der Waals surface area contributed by atoms with Crippen molar-refractivity contribution in [1.82, 2.24) is 15.0 Å². The minimum Gasteiger partial charge on any atom is -0.326 e. The first kappa shape index (κ1) is 12.1. The Morgan fingerprint density at radius 3 is 2.82 bits per heavy atom. The molecular weight excluding hydrogens is 232 g/mol. The standard InChI is InChI=1S/C12H16N4S/c1-8(2)5-10-11(6-13)17-12(16-10)9-3-4-14-7-15-9/h3-4,7-8H,5-6,13H2,1-2H3. The molecule has 0 aliphatic heterocycles. The average Bonchev–Trinajstić information content (AvgIpc) is 2.72. The van der Waals surface area contributed by atoms with Gasteiger partial charge in [-0.3, -0.25) is 0 Å². The lowest BCUT2D eigenvalue weighted by Gasteiger charge is -2.02. The lowest BCUT2D eigenvalue weighted by molar-refractivity contribution is 0.634. The van der Waals surface area contributed by atoms with Gasteiger partial charge in [-0.05, 0) is 18.4 Å². The topological polar surface area (TPSA) is 64.7 Å². The van der Waals surface area contributed by atoms with Crippen LogP contribution in [0.1, 0.15) is 24.4 Å². The monoisotopic (exact) mass is 248 g/mol. The number of rotatable bonds is 4. The largest absolute Gasteiger partial charge is 0.326 e. The summed E-state index contributed by atoms with van der Waals surface area (Å²) in [6.07, 6.45) is 4.24. The molecule has 2 rings (SSSR count). The van der Waals surface area contributed by atoms with Crippen LogP contribution in [0.15, 0.2) is 18.6 Å². The normalized spacial score (nSPS) is 11.1. The molecule has 0 bridgehead atoms. The van der Waals surface area contributed by atoms with Crippen molar-refractivity contribution in [2.24, 2.45) is 11.7 Å². The van der Waals surface area contributed by atoms with Gasteiger partial charge in [-0.2, -0.15) is 0 Å². The van der Waals surface area contributed by atoms with Gasteiger partial charge in [0.15, 0.2) is 0 Å². The first-order valence-corrected chi connectivity index (χ1v) is 6.47. The average molecular weight is 248 g/mol. The van der Waals surface area contributed by atoms with Crippen molar-refractivity contribution < 1.29 is 0 Å². The maximum absolute atomic E-state index is 5.76. The summed E-state index contributed by atoms with van der Waals surface area (Å²) in [5, 5.41) is 0.934. The van der Waals surface area contributed by atoms with Gasteiger partial charge in [0.05, 0.1) is 5.69 Å². The van der Waals surface area contributed by atoms with E-state index in [-0.39, 0.29) is 0 Å². The molecule has 17 heavy (non-hydrogen) atoms. The summed E-state index contributed by atoms with van der Waals surface area (Å²) < 4.78 is 0. The van der Waals surface area contributed by atoms with Crippen LogP contribution in [0, 0.1) is 5.92 Å². The minimum absolute atomic E-state index is 0.546. The summed E-state index contributed by atoms with van der Waals surface area (Å²) >= 11 is 1.63. The van der Waals surface area contributed by atoms with E-state index in [1.54, 1.807) is 23.9 Å². The van der Waals surface area contributed by atoms with Gasteiger partial charge in [0.2, 0.25) is 0 Å². The van der Waals surface area contributed by atoms with Gasteiger partial charge in [0, 0.05) is 17.6 Å². The highest BCUT2D eigenvalue weighted by Gasteiger charge is 2.13. The molecule has 5 heteroatoms. The highest BCUT2D eigenvalue weighted by Crippen LogP contribution is 2.27. The van der Waals surface area contributed by atoms with E-state index in [1.165, 1.54) is 0 Å². The SMILES string of the molecule is CC(C)Cc1nc(-c2ccncn2)sc1CN. The van der Waals surface area contributed by atoms with Crippen molar-refractivity contribution in [2.45, 2.75) is 26.8 Å². The predicted molar refractivity (Wildman–Crippen MR) is 69.6 cm³/mol. The smallest absolute Gasteiger partial charge is 0.142 e. The highest BCUT2D eigenvalue weighted by molar-refractivity contribution is 7.15. The third-order valence-electron chi connectivity index (χ3n) is 2.37. The maximum Gasteiger partial charge on any atom is 0.142 e. The van der Waals surface area contributed by atoms with Gasteiger partial charge < -0.3 is 5.73 Å². The second-order valence-electron chi connectivity index (χ2n) is 4.29. The fourth-order valence-electron chi connectivity index (χ4n) is 1.62. The first-order chi connectivity index (χ1) is 8.20. The molecule has 0 aromatic carbocycles. The molecule has 0 amide bonds. The summed E-state index contributed by atoms with van der Waals surface area (Å²) in [5.74, 6) is 0.584. The molecule has 0 aliphatic carbocycles. The van der Waals surface area contributed by atoms with Crippen LogP contribution >= 0.6 is 11.3 Å². The Bertz CT molecular complexity index is 479. The number of hydrogen-bond acceptors (Lipinski definition) is 5. The summed E-state index contributed by atoms with van der Waals surface area (Å²) in [4.78, 5) is 13.9. The Morgan fingerprint density at radius 1 is 1.41 bits per heavy atom. The zero-order valence-electron chi connectivity index (χ0n) is 10.1. The molecule has 90 valence electrons. The molecule has 0 radical (unpaired) electrons. The molecule has 0 saturated heterocycles. The lowest BCUT2D eigenvalue weighted by Crippen LogP contribution is -2.02. The van der Waals surface area contributed by atoms with E-state index in [9.17, 15) is 0 Å². The van der Waals surface area contributed by atoms with Crippen molar-refractivity contribution in [3.63, 3.8) is 0 Å². The third kappa shape index (κ3) is 2.87.